The van der Waals surface area contributed by atoms with Crippen LogP contribution in [0.5, 0.6) is 0 Å². The van der Waals surface area contributed by atoms with E-state index < -0.39 is 0 Å². The molecule has 0 radical (unpaired) electrons. The first kappa shape index (κ1) is 13.7. The van der Waals surface area contributed by atoms with Crippen LogP contribution in [0.3, 0.4) is 0 Å². The van der Waals surface area contributed by atoms with Crippen molar-refractivity contribution in [2.24, 2.45) is 0 Å². The van der Waals surface area contributed by atoms with Crippen LogP contribution in [-0.4, -0.2) is 28.3 Å². The molecule has 2 aromatic rings. The third-order valence-electron chi connectivity index (χ3n) is 3.42. The van der Waals surface area contributed by atoms with Gasteiger partial charge in [-0.3, -0.25) is 5.10 Å². The largest absolute Gasteiger partial charge is 0.359 e. The summed E-state index contributed by atoms with van der Waals surface area (Å²) in [5.41, 5.74) is 3.56. The van der Waals surface area contributed by atoms with Gasteiger partial charge >= 0.3 is 0 Å². The van der Waals surface area contributed by atoms with Crippen LogP contribution in [0.4, 0.5) is 0 Å². The highest BCUT2D eigenvalue weighted by molar-refractivity contribution is 5.85. The molecule has 1 saturated heterocycles. The number of hydrogen-bond acceptors (Lipinski definition) is 3. The van der Waals surface area contributed by atoms with Crippen LogP contribution in [0, 0.1) is 11.3 Å². The van der Waals surface area contributed by atoms with E-state index in [2.05, 4.69) is 32.6 Å². The van der Waals surface area contributed by atoms with Crippen LogP contribution < -0.4 is 5.32 Å². The number of rotatable bonds is 2. The predicted octanol–water partition coefficient (Wildman–Crippen LogP) is 2.17. The molecule has 19 heavy (non-hydrogen) atoms. The summed E-state index contributed by atoms with van der Waals surface area (Å²) >= 11 is 0. The Labute approximate surface area is 117 Å². The minimum Gasteiger partial charge on any atom is -0.359 e. The third kappa shape index (κ3) is 2.80. The second kappa shape index (κ2) is 5.91. The SMILES string of the molecule is Cl.N#Cc1c[nH]c(-c2cc([C@H]3CCCNC3)[nH]n2)c1. The van der Waals surface area contributed by atoms with Crippen LogP contribution in [0.15, 0.2) is 18.3 Å². The first-order valence-corrected chi connectivity index (χ1v) is 6.22. The van der Waals surface area contributed by atoms with E-state index in [9.17, 15) is 0 Å². The van der Waals surface area contributed by atoms with Gasteiger partial charge in [0.15, 0.2) is 0 Å². The van der Waals surface area contributed by atoms with E-state index in [0.717, 1.165) is 24.5 Å². The molecule has 1 aliphatic heterocycles. The van der Waals surface area contributed by atoms with Gasteiger partial charge in [-0.1, -0.05) is 0 Å². The lowest BCUT2D eigenvalue weighted by atomic mass is 9.96. The Hall–Kier alpha value is -1.77. The van der Waals surface area contributed by atoms with Crippen molar-refractivity contribution in [2.45, 2.75) is 18.8 Å². The van der Waals surface area contributed by atoms with Crippen molar-refractivity contribution in [1.29, 1.82) is 5.26 Å². The van der Waals surface area contributed by atoms with Gasteiger partial charge in [0.05, 0.1) is 11.3 Å². The van der Waals surface area contributed by atoms with Crippen molar-refractivity contribution in [2.75, 3.05) is 13.1 Å². The average molecular weight is 278 g/mol. The van der Waals surface area contributed by atoms with E-state index in [1.807, 2.05) is 6.07 Å². The Balaban J connectivity index is 0.00000133. The van der Waals surface area contributed by atoms with Gasteiger partial charge in [0.2, 0.25) is 0 Å². The lowest BCUT2D eigenvalue weighted by Gasteiger charge is -2.21. The van der Waals surface area contributed by atoms with Crippen molar-refractivity contribution >= 4 is 12.4 Å². The van der Waals surface area contributed by atoms with Crippen molar-refractivity contribution in [3.63, 3.8) is 0 Å². The van der Waals surface area contributed by atoms with E-state index in [1.165, 1.54) is 18.5 Å². The molecule has 1 atom stereocenters. The fraction of sp³-hybridized carbons (Fsp3) is 0.385. The number of aromatic amines is 2. The Bertz CT molecular complexity index is 574. The lowest BCUT2D eigenvalue weighted by molar-refractivity contribution is 0.454. The molecule has 1 aliphatic rings. The molecule has 5 nitrogen and oxygen atoms in total. The minimum absolute atomic E-state index is 0. The van der Waals surface area contributed by atoms with Gasteiger partial charge < -0.3 is 10.3 Å². The summed E-state index contributed by atoms with van der Waals surface area (Å²) in [6.07, 6.45) is 4.11. The third-order valence-corrected chi connectivity index (χ3v) is 3.42. The van der Waals surface area contributed by atoms with Crippen molar-refractivity contribution in [1.82, 2.24) is 20.5 Å². The molecule has 0 amide bonds. The van der Waals surface area contributed by atoms with E-state index in [4.69, 9.17) is 5.26 Å². The summed E-state index contributed by atoms with van der Waals surface area (Å²) in [5.74, 6) is 0.519. The van der Waals surface area contributed by atoms with Gasteiger partial charge in [0.25, 0.3) is 0 Å². The second-order valence-electron chi connectivity index (χ2n) is 4.67. The minimum atomic E-state index is 0. The Morgan fingerprint density at radius 3 is 2.95 bits per heavy atom. The van der Waals surface area contributed by atoms with Crippen molar-refractivity contribution < 1.29 is 0 Å². The smallest absolute Gasteiger partial charge is 0.109 e. The Morgan fingerprint density at radius 2 is 2.26 bits per heavy atom. The highest BCUT2D eigenvalue weighted by Crippen LogP contribution is 2.25. The number of hydrogen-bond donors (Lipinski definition) is 3. The molecular formula is C13H16ClN5. The standard InChI is InChI=1S/C13H15N5.ClH/c14-6-9-4-12(16-7-9)13-5-11(17-18-13)10-2-1-3-15-8-10;/h4-5,7,10,15-16H,1-3,8H2,(H,17,18);1H/t10-;/m0./s1. The highest BCUT2D eigenvalue weighted by atomic mass is 35.5. The van der Waals surface area contributed by atoms with Gasteiger partial charge in [-0.05, 0) is 31.5 Å². The van der Waals surface area contributed by atoms with Gasteiger partial charge in [-0.15, -0.1) is 12.4 Å². The molecule has 0 unspecified atom stereocenters. The second-order valence-corrected chi connectivity index (χ2v) is 4.67. The maximum atomic E-state index is 8.80. The number of piperidine rings is 1. The number of halogens is 1. The molecular weight excluding hydrogens is 262 g/mol. The zero-order valence-corrected chi connectivity index (χ0v) is 11.3. The van der Waals surface area contributed by atoms with Crippen LogP contribution >= 0.6 is 12.4 Å². The summed E-state index contributed by atoms with van der Waals surface area (Å²) in [6.45, 7) is 2.12. The summed E-state index contributed by atoms with van der Waals surface area (Å²) in [7, 11) is 0. The van der Waals surface area contributed by atoms with E-state index in [0.29, 0.717) is 11.5 Å². The van der Waals surface area contributed by atoms with Crippen molar-refractivity contribution in [3.8, 4) is 17.5 Å². The Kier molecular flexibility index (Phi) is 4.25. The molecule has 0 spiro atoms. The quantitative estimate of drug-likeness (QED) is 0.787. The number of H-pyrrole nitrogens is 2. The predicted molar refractivity (Wildman–Crippen MR) is 75.2 cm³/mol. The maximum absolute atomic E-state index is 8.80. The molecule has 0 aliphatic carbocycles. The molecule has 1 fully saturated rings. The highest BCUT2D eigenvalue weighted by Gasteiger charge is 2.18. The molecule has 2 aromatic heterocycles. The molecule has 0 aromatic carbocycles. The number of nitriles is 1. The lowest BCUT2D eigenvalue weighted by Crippen LogP contribution is -2.28. The fourth-order valence-corrected chi connectivity index (χ4v) is 2.41. The summed E-state index contributed by atoms with van der Waals surface area (Å²) in [4.78, 5) is 3.07. The average Bonchev–Trinajstić information content (AvgIpc) is 3.08. The van der Waals surface area contributed by atoms with E-state index >= 15 is 0 Å². The monoisotopic (exact) mass is 277 g/mol. The molecule has 0 saturated carbocycles. The molecule has 3 N–H and O–H groups in total. The Morgan fingerprint density at radius 1 is 1.37 bits per heavy atom. The molecule has 0 bridgehead atoms. The topological polar surface area (TPSA) is 80.3 Å². The van der Waals surface area contributed by atoms with Gasteiger partial charge in [0, 0.05) is 24.4 Å². The van der Waals surface area contributed by atoms with Gasteiger partial charge in [-0.2, -0.15) is 10.4 Å². The molecule has 6 heteroatoms. The molecule has 100 valence electrons. The zero-order valence-electron chi connectivity index (χ0n) is 10.4. The first-order valence-electron chi connectivity index (χ1n) is 6.22. The zero-order chi connectivity index (χ0) is 12.4. The van der Waals surface area contributed by atoms with Gasteiger partial charge in [0.1, 0.15) is 11.8 Å². The number of aromatic nitrogens is 3. The van der Waals surface area contributed by atoms with Crippen LogP contribution in [0.2, 0.25) is 0 Å². The number of nitrogens with zero attached hydrogens (tertiary/aromatic N) is 2. The summed E-state index contributed by atoms with van der Waals surface area (Å²) in [5, 5.41) is 19.6. The summed E-state index contributed by atoms with van der Waals surface area (Å²) < 4.78 is 0. The van der Waals surface area contributed by atoms with E-state index in [1.54, 1.807) is 6.20 Å². The van der Waals surface area contributed by atoms with Crippen molar-refractivity contribution in [3.05, 3.63) is 29.6 Å². The maximum Gasteiger partial charge on any atom is 0.109 e. The van der Waals surface area contributed by atoms with Crippen LogP contribution in [0.1, 0.15) is 30.0 Å². The van der Waals surface area contributed by atoms with Crippen LogP contribution in [-0.2, 0) is 0 Å². The normalized spacial score (nSPS) is 18.6. The van der Waals surface area contributed by atoms with Crippen LogP contribution in [0.25, 0.3) is 11.4 Å². The first-order chi connectivity index (χ1) is 8.86. The van der Waals surface area contributed by atoms with Gasteiger partial charge in [-0.25, -0.2) is 0 Å². The molecule has 3 heterocycles. The number of nitrogens with one attached hydrogen (secondary N) is 3. The fourth-order valence-electron chi connectivity index (χ4n) is 2.41. The van der Waals surface area contributed by atoms with E-state index in [-0.39, 0.29) is 12.4 Å². The summed E-state index contributed by atoms with van der Waals surface area (Å²) in [6, 6.07) is 6.00. The molecule has 3 rings (SSSR count).